The van der Waals surface area contributed by atoms with Gasteiger partial charge in [0, 0.05) is 7.05 Å². The summed E-state index contributed by atoms with van der Waals surface area (Å²) >= 11 is 6.15. The lowest BCUT2D eigenvalue weighted by Crippen LogP contribution is -2.30. The third kappa shape index (κ3) is 0.955. The van der Waals surface area contributed by atoms with Crippen LogP contribution in [0.15, 0.2) is 18.2 Å². The standard InChI is InChI=1S/C12H13ClN2O/c1-15-10-8(3-2-4-9(10)13)12(11(15)16)5-7(12)6-14/h2-4,7H,5-6,14H2,1H3. The van der Waals surface area contributed by atoms with Gasteiger partial charge in [0.25, 0.3) is 0 Å². The highest BCUT2D eigenvalue weighted by Gasteiger charge is 2.65. The molecule has 1 spiro atoms. The van der Waals surface area contributed by atoms with Gasteiger partial charge in [-0.25, -0.2) is 0 Å². The number of hydrogen-bond donors (Lipinski definition) is 1. The molecular weight excluding hydrogens is 224 g/mol. The normalized spacial score (nSPS) is 31.1. The van der Waals surface area contributed by atoms with Gasteiger partial charge in [-0.15, -0.1) is 0 Å². The maximum absolute atomic E-state index is 12.3. The topological polar surface area (TPSA) is 46.3 Å². The molecule has 1 heterocycles. The first-order valence-corrected chi connectivity index (χ1v) is 5.78. The maximum atomic E-state index is 12.3. The van der Waals surface area contributed by atoms with Crippen LogP contribution in [-0.4, -0.2) is 19.5 Å². The number of carbonyl (C=O) groups is 1. The van der Waals surface area contributed by atoms with Crippen molar-refractivity contribution in [2.75, 3.05) is 18.5 Å². The second-order valence-electron chi connectivity index (χ2n) is 4.61. The average molecular weight is 237 g/mol. The second kappa shape index (κ2) is 2.99. The molecular formula is C12H13ClN2O. The molecule has 1 aromatic carbocycles. The Labute approximate surface area is 99.2 Å². The summed E-state index contributed by atoms with van der Waals surface area (Å²) in [5.74, 6) is 0.424. The Morgan fingerprint density at radius 1 is 1.62 bits per heavy atom. The van der Waals surface area contributed by atoms with E-state index >= 15 is 0 Å². The molecule has 2 aliphatic rings. The number of likely N-dealkylation sites (N-methyl/N-ethyl adjacent to an activating group) is 1. The molecule has 4 heteroatoms. The van der Waals surface area contributed by atoms with Gasteiger partial charge >= 0.3 is 0 Å². The van der Waals surface area contributed by atoms with Crippen LogP contribution in [0.5, 0.6) is 0 Å². The lowest BCUT2D eigenvalue weighted by molar-refractivity contribution is -0.120. The number of hydrogen-bond acceptors (Lipinski definition) is 2. The fourth-order valence-electron chi connectivity index (χ4n) is 2.94. The number of amides is 1. The molecule has 0 aromatic heterocycles. The van der Waals surface area contributed by atoms with Crippen molar-refractivity contribution in [1.82, 2.24) is 0 Å². The summed E-state index contributed by atoms with van der Waals surface area (Å²) in [5, 5.41) is 0.646. The lowest BCUT2D eigenvalue weighted by atomic mass is 9.95. The zero-order valence-electron chi connectivity index (χ0n) is 9.03. The van der Waals surface area contributed by atoms with Crippen LogP contribution in [0.2, 0.25) is 5.02 Å². The molecule has 0 saturated heterocycles. The summed E-state index contributed by atoms with van der Waals surface area (Å²) in [5.41, 5.74) is 7.25. The van der Waals surface area contributed by atoms with Crippen LogP contribution in [0.1, 0.15) is 12.0 Å². The minimum absolute atomic E-state index is 0.144. The van der Waals surface area contributed by atoms with Crippen LogP contribution >= 0.6 is 11.6 Å². The van der Waals surface area contributed by atoms with Gasteiger partial charge in [-0.2, -0.15) is 0 Å². The van der Waals surface area contributed by atoms with Crippen LogP contribution < -0.4 is 10.6 Å². The largest absolute Gasteiger partial charge is 0.330 e. The number of benzene rings is 1. The Balaban J connectivity index is 2.21. The van der Waals surface area contributed by atoms with Crippen molar-refractivity contribution in [1.29, 1.82) is 0 Å². The molecule has 3 rings (SSSR count). The van der Waals surface area contributed by atoms with E-state index in [2.05, 4.69) is 0 Å². The monoisotopic (exact) mass is 236 g/mol. The molecule has 1 saturated carbocycles. The van der Waals surface area contributed by atoms with Crippen molar-refractivity contribution in [3.8, 4) is 0 Å². The Hall–Kier alpha value is -1.06. The first kappa shape index (κ1) is 10.1. The van der Waals surface area contributed by atoms with E-state index in [0.717, 1.165) is 17.7 Å². The number of fused-ring (bicyclic) bond motifs is 2. The van der Waals surface area contributed by atoms with Crippen molar-refractivity contribution in [2.24, 2.45) is 11.7 Å². The number of nitrogens with two attached hydrogens (primary N) is 1. The van der Waals surface area contributed by atoms with Gasteiger partial charge in [0.2, 0.25) is 5.91 Å². The van der Waals surface area contributed by atoms with E-state index < -0.39 is 0 Å². The molecule has 84 valence electrons. The van der Waals surface area contributed by atoms with Gasteiger partial charge in [0.1, 0.15) is 0 Å². The first-order valence-electron chi connectivity index (χ1n) is 5.40. The van der Waals surface area contributed by atoms with Crippen LogP contribution in [-0.2, 0) is 10.2 Å². The van der Waals surface area contributed by atoms with E-state index in [1.54, 1.807) is 11.9 Å². The maximum Gasteiger partial charge on any atom is 0.237 e. The van der Waals surface area contributed by atoms with E-state index in [1.165, 1.54) is 0 Å². The minimum Gasteiger partial charge on any atom is -0.330 e. The van der Waals surface area contributed by atoms with Gasteiger partial charge in [0.05, 0.1) is 16.1 Å². The van der Waals surface area contributed by atoms with Crippen molar-refractivity contribution in [3.05, 3.63) is 28.8 Å². The molecule has 1 fully saturated rings. The number of halogens is 1. The highest BCUT2D eigenvalue weighted by atomic mass is 35.5. The number of carbonyl (C=O) groups excluding carboxylic acids is 1. The molecule has 1 aliphatic heterocycles. The quantitative estimate of drug-likeness (QED) is 0.804. The van der Waals surface area contributed by atoms with Gasteiger partial charge in [0.15, 0.2) is 0 Å². The minimum atomic E-state index is -0.357. The van der Waals surface area contributed by atoms with Crippen LogP contribution in [0.3, 0.4) is 0 Å². The number of rotatable bonds is 1. The van der Waals surface area contributed by atoms with Gasteiger partial charge < -0.3 is 10.6 Å². The van der Waals surface area contributed by atoms with Gasteiger partial charge in [-0.1, -0.05) is 23.7 Å². The summed E-state index contributed by atoms with van der Waals surface area (Å²) < 4.78 is 0. The third-order valence-electron chi connectivity index (χ3n) is 3.88. The van der Waals surface area contributed by atoms with Gasteiger partial charge in [-0.05, 0) is 30.5 Å². The number of nitrogens with zero attached hydrogens (tertiary/aromatic N) is 1. The van der Waals surface area contributed by atoms with Gasteiger partial charge in [-0.3, -0.25) is 4.79 Å². The molecule has 1 amide bonds. The zero-order valence-corrected chi connectivity index (χ0v) is 9.79. The smallest absolute Gasteiger partial charge is 0.237 e. The molecule has 16 heavy (non-hydrogen) atoms. The summed E-state index contributed by atoms with van der Waals surface area (Å²) in [7, 11) is 1.79. The highest BCUT2D eigenvalue weighted by molar-refractivity contribution is 6.35. The Bertz CT molecular complexity index is 488. The molecule has 0 bridgehead atoms. The van der Waals surface area contributed by atoms with E-state index in [-0.39, 0.29) is 17.2 Å². The predicted octanol–water partition coefficient (Wildman–Crippen LogP) is 1.53. The second-order valence-corrected chi connectivity index (χ2v) is 5.02. The number of para-hydroxylation sites is 1. The third-order valence-corrected chi connectivity index (χ3v) is 4.18. The van der Waals surface area contributed by atoms with E-state index in [9.17, 15) is 4.79 Å². The fraction of sp³-hybridized carbons (Fsp3) is 0.417. The van der Waals surface area contributed by atoms with E-state index in [4.69, 9.17) is 17.3 Å². The molecule has 0 radical (unpaired) electrons. The molecule has 1 aromatic rings. The Morgan fingerprint density at radius 2 is 2.38 bits per heavy atom. The highest BCUT2D eigenvalue weighted by Crippen LogP contribution is 2.61. The van der Waals surface area contributed by atoms with Crippen molar-refractivity contribution < 1.29 is 4.79 Å². The molecule has 3 nitrogen and oxygen atoms in total. The lowest BCUT2D eigenvalue weighted by Gasteiger charge is -2.11. The summed E-state index contributed by atoms with van der Waals surface area (Å²) in [6.45, 7) is 0.561. The summed E-state index contributed by atoms with van der Waals surface area (Å²) in [6.07, 6.45) is 0.861. The Morgan fingerprint density at radius 3 is 3.00 bits per heavy atom. The molecule has 1 aliphatic carbocycles. The summed E-state index contributed by atoms with van der Waals surface area (Å²) in [6, 6.07) is 5.72. The first-order chi connectivity index (χ1) is 7.63. The number of anilines is 1. The van der Waals surface area contributed by atoms with Crippen molar-refractivity contribution in [3.63, 3.8) is 0 Å². The van der Waals surface area contributed by atoms with Crippen molar-refractivity contribution in [2.45, 2.75) is 11.8 Å². The zero-order chi connectivity index (χ0) is 11.5. The molecule has 2 N–H and O–H groups in total. The predicted molar refractivity (Wildman–Crippen MR) is 63.7 cm³/mol. The Kier molecular flexibility index (Phi) is 1.89. The SMILES string of the molecule is CN1C(=O)C2(CC2CN)c2cccc(Cl)c21. The molecule has 2 unspecified atom stereocenters. The van der Waals surface area contributed by atoms with Crippen LogP contribution in [0.4, 0.5) is 5.69 Å². The molecule has 2 atom stereocenters. The van der Waals surface area contributed by atoms with Crippen molar-refractivity contribution >= 4 is 23.2 Å². The van der Waals surface area contributed by atoms with Crippen LogP contribution in [0, 0.1) is 5.92 Å². The van der Waals surface area contributed by atoms with E-state index in [0.29, 0.717) is 11.6 Å². The van der Waals surface area contributed by atoms with Crippen LogP contribution in [0.25, 0.3) is 0 Å². The van der Waals surface area contributed by atoms with E-state index in [1.807, 2.05) is 18.2 Å². The average Bonchev–Trinajstić information content (AvgIpc) is 2.97. The fourth-order valence-corrected chi connectivity index (χ4v) is 3.24. The summed E-state index contributed by atoms with van der Waals surface area (Å²) in [4.78, 5) is 14.0.